The number of nitrogens with zero attached hydrogens (tertiary/aromatic N) is 1. The number of benzene rings is 2. The summed E-state index contributed by atoms with van der Waals surface area (Å²) in [5.74, 6) is -0.0776. The molecule has 1 aliphatic heterocycles. The number of nitrogens with one attached hydrogen (secondary N) is 1. The summed E-state index contributed by atoms with van der Waals surface area (Å²) in [4.78, 5) is 14.7. The number of anilines is 1. The van der Waals surface area contributed by atoms with Crippen LogP contribution in [0.15, 0.2) is 48.5 Å². The molecule has 2 aromatic rings. The van der Waals surface area contributed by atoms with Gasteiger partial charge in [-0.05, 0) is 61.7 Å². The fraction of sp³-hybridized carbons (Fsp3) is 0.381. The monoisotopic (exact) mass is 373 g/mol. The zero-order valence-corrected chi connectivity index (χ0v) is 16.1. The summed E-state index contributed by atoms with van der Waals surface area (Å²) >= 11 is 0. The number of piperidine rings is 1. The van der Waals surface area contributed by atoms with Gasteiger partial charge in [-0.2, -0.15) is 0 Å². The third-order valence-corrected chi connectivity index (χ3v) is 4.98. The minimum atomic E-state index is -0.0776. The molecule has 1 amide bonds. The molecule has 1 fully saturated rings. The number of nitrogen functional groups attached to an aromatic ring is 1. The van der Waals surface area contributed by atoms with E-state index in [1.807, 2.05) is 0 Å². The van der Waals surface area contributed by atoms with Crippen LogP contribution in [0.1, 0.15) is 47.7 Å². The number of likely N-dealkylation sites (tertiary alicyclic amines) is 1. The molecule has 140 valence electrons. The lowest BCUT2D eigenvalue weighted by Gasteiger charge is -2.33. The van der Waals surface area contributed by atoms with Gasteiger partial charge in [0, 0.05) is 30.4 Å². The highest BCUT2D eigenvalue weighted by atomic mass is 35.5. The van der Waals surface area contributed by atoms with Gasteiger partial charge >= 0.3 is 0 Å². The summed E-state index contributed by atoms with van der Waals surface area (Å²) in [6.45, 7) is 5.06. The zero-order chi connectivity index (χ0) is 17.6. The molecule has 2 aromatic carbocycles. The van der Waals surface area contributed by atoms with Gasteiger partial charge in [0.1, 0.15) is 0 Å². The van der Waals surface area contributed by atoms with E-state index < -0.39 is 0 Å². The van der Waals surface area contributed by atoms with Crippen LogP contribution in [0.3, 0.4) is 0 Å². The Morgan fingerprint density at radius 3 is 2.38 bits per heavy atom. The van der Waals surface area contributed by atoms with E-state index in [4.69, 9.17) is 5.73 Å². The van der Waals surface area contributed by atoms with Crippen molar-refractivity contribution in [2.24, 2.45) is 0 Å². The molecule has 0 aliphatic carbocycles. The summed E-state index contributed by atoms with van der Waals surface area (Å²) < 4.78 is 0. The van der Waals surface area contributed by atoms with E-state index in [-0.39, 0.29) is 18.3 Å². The molecular formula is C21H28ClN3O. The Morgan fingerprint density at radius 2 is 1.73 bits per heavy atom. The van der Waals surface area contributed by atoms with Gasteiger partial charge in [0.2, 0.25) is 0 Å². The van der Waals surface area contributed by atoms with Crippen LogP contribution < -0.4 is 11.1 Å². The number of carbonyl (C=O) groups is 1. The minimum absolute atomic E-state index is 0. The summed E-state index contributed by atoms with van der Waals surface area (Å²) in [6.07, 6.45) is 3.96. The summed E-state index contributed by atoms with van der Waals surface area (Å²) in [6, 6.07) is 16.2. The quantitative estimate of drug-likeness (QED) is 0.779. The van der Waals surface area contributed by atoms with Gasteiger partial charge < -0.3 is 11.1 Å². The number of carbonyl (C=O) groups excluding carboxylic acids is 1. The molecule has 0 spiro atoms. The number of halogens is 1. The van der Waals surface area contributed by atoms with Crippen LogP contribution in [0, 0.1) is 0 Å². The van der Waals surface area contributed by atoms with E-state index >= 15 is 0 Å². The van der Waals surface area contributed by atoms with Crippen LogP contribution in [0.5, 0.6) is 0 Å². The molecule has 1 heterocycles. The van der Waals surface area contributed by atoms with Crippen molar-refractivity contribution < 1.29 is 4.79 Å². The molecule has 3 rings (SSSR count). The highest BCUT2D eigenvalue weighted by molar-refractivity contribution is 5.94. The molecule has 26 heavy (non-hydrogen) atoms. The van der Waals surface area contributed by atoms with Gasteiger partial charge in [0.05, 0.1) is 0 Å². The average Bonchev–Trinajstić information content (AvgIpc) is 2.63. The second kappa shape index (κ2) is 9.60. The van der Waals surface area contributed by atoms with Crippen molar-refractivity contribution in [3.8, 4) is 0 Å². The van der Waals surface area contributed by atoms with E-state index in [9.17, 15) is 4.79 Å². The number of nitrogens with two attached hydrogens (primary N) is 1. The van der Waals surface area contributed by atoms with Crippen molar-refractivity contribution in [2.45, 2.75) is 45.3 Å². The molecule has 0 bridgehead atoms. The van der Waals surface area contributed by atoms with Crippen molar-refractivity contribution in [3.05, 3.63) is 65.2 Å². The van der Waals surface area contributed by atoms with E-state index in [2.05, 4.69) is 41.4 Å². The first kappa shape index (κ1) is 20.3. The molecule has 5 heteroatoms. The lowest BCUT2D eigenvalue weighted by Crippen LogP contribution is -2.36. The molecule has 3 N–H and O–H groups in total. The highest BCUT2D eigenvalue weighted by Gasteiger charge is 2.17. The van der Waals surface area contributed by atoms with Crippen LogP contribution in [0.25, 0.3) is 0 Å². The molecule has 1 atom stereocenters. The molecule has 1 aliphatic rings. The smallest absolute Gasteiger partial charge is 0.251 e. The van der Waals surface area contributed by atoms with E-state index in [0.29, 0.717) is 23.8 Å². The van der Waals surface area contributed by atoms with Crippen molar-refractivity contribution in [3.63, 3.8) is 0 Å². The summed E-state index contributed by atoms with van der Waals surface area (Å²) in [5, 5.41) is 2.95. The fourth-order valence-corrected chi connectivity index (χ4v) is 3.31. The van der Waals surface area contributed by atoms with E-state index in [1.165, 1.54) is 31.4 Å². The molecule has 4 nitrogen and oxygen atoms in total. The summed E-state index contributed by atoms with van der Waals surface area (Å²) in [7, 11) is 0. The van der Waals surface area contributed by atoms with Crippen LogP contribution in [0.4, 0.5) is 5.69 Å². The van der Waals surface area contributed by atoms with Crippen LogP contribution >= 0.6 is 12.4 Å². The van der Waals surface area contributed by atoms with Gasteiger partial charge in [0.25, 0.3) is 5.91 Å². The van der Waals surface area contributed by atoms with Crippen LogP contribution in [-0.2, 0) is 13.1 Å². The predicted molar refractivity (Wildman–Crippen MR) is 109 cm³/mol. The van der Waals surface area contributed by atoms with Crippen molar-refractivity contribution in [2.75, 3.05) is 12.3 Å². The standard InChI is InChI=1S/C21H27N3O.ClH/c1-16-4-2-3-13-24(16)15-18-7-5-17(6-8-18)14-23-21(25)19-9-11-20(22)12-10-19;/h5-12,16H,2-4,13-15,22H2,1H3,(H,23,25);1H. The molecule has 1 unspecified atom stereocenters. The summed E-state index contributed by atoms with van der Waals surface area (Å²) in [5.41, 5.74) is 9.38. The molecule has 1 saturated heterocycles. The predicted octanol–water partition coefficient (Wildman–Crippen LogP) is 4.00. The zero-order valence-electron chi connectivity index (χ0n) is 15.3. The number of hydrogen-bond donors (Lipinski definition) is 2. The SMILES string of the molecule is CC1CCCCN1Cc1ccc(CNC(=O)c2ccc(N)cc2)cc1.Cl. The Morgan fingerprint density at radius 1 is 1.08 bits per heavy atom. The maximum Gasteiger partial charge on any atom is 0.251 e. The van der Waals surface area contributed by atoms with Crippen LogP contribution in [0.2, 0.25) is 0 Å². The Bertz CT molecular complexity index is 700. The molecule has 0 aromatic heterocycles. The van der Waals surface area contributed by atoms with Crippen LogP contribution in [-0.4, -0.2) is 23.4 Å². The Hall–Kier alpha value is -2.04. The maximum atomic E-state index is 12.1. The van der Waals surface area contributed by atoms with Gasteiger partial charge in [-0.15, -0.1) is 12.4 Å². The van der Waals surface area contributed by atoms with E-state index in [0.717, 1.165) is 12.1 Å². The largest absolute Gasteiger partial charge is 0.399 e. The molecule has 0 radical (unpaired) electrons. The fourth-order valence-electron chi connectivity index (χ4n) is 3.31. The first-order valence-electron chi connectivity index (χ1n) is 9.07. The van der Waals surface area contributed by atoms with Gasteiger partial charge in [-0.3, -0.25) is 9.69 Å². The third-order valence-electron chi connectivity index (χ3n) is 4.98. The van der Waals surface area contributed by atoms with E-state index in [1.54, 1.807) is 24.3 Å². The number of rotatable bonds is 5. The maximum absolute atomic E-state index is 12.1. The van der Waals surface area contributed by atoms with Gasteiger partial charge in [0.15, 0.2) is 0 Å². The van der Waals surface area contributed by atoms with Gasteiger partial charge in [-0.25, -0.2) is 0 Å². The lowest BCUT2D eigenvalue weighted by atomic mass is 10.0. The highest BCUT2D eigenvalue weighted by Crippen LogP contribution is 2.19. The lowest BCUT2D eigenvalue weighted by molar-refractivity contribution is 0.0951. The Balaban J connectivity index is 0.00000243. The Kier molecular flexibility index (Phi) is 7.49. The Labute approximate surface area is 162 Å². The second-order valence-electron chi connectivity index (χ2n) is 6.94. The molecular weight excluding hydrogens is 346 g/mol. The first-order valence-corrected chi connectivity index (χ1v) is 9.07. The first-order chi connectivity index (χ1) is 12.1. The van der Waals surface area contributed by atoms with Crippen molar-refractivity contribution in [1.29, 1.82) is 0 Å². The third kappa shape index (κ3) is 5.48. The number of amides is 1. The minimum Gasteiger partial charge on any atom is -0.399 e. The van der Waals surface area contributed by atoms with Crippen molar-refractivity contribution >= 4 is 24.0 Å². The van der Waals surface area contributed by atoms with Gasteiger partial charge in [-0.1, -0.05) is 30.7 Å². The number of hydrogen-bond acceptors (Lipinski definition) is 3. The van der Waals surface area contributed by atoms with Crippen molar-refractivity contribution in [1.82, 2.24) is 10.2 Å². The average molecular weight is 374 g/mol. The topological polar surface area (TPSA) is 58.4 Å². The normalized spacial score (nSPS) is 17.3. The molecule has 0 saturated carbocycles. The second-order valence-corrected chi connectivity index (χ2v) is 6.94.